The Morgan fingerprint density at radius 2 is 2.31 bits per heavy atom. The molecule has 0 aliphatic heterocycles. The van der Waals surface area contributed by atoms with Crippen molar-refractivity contribution in [1.29, 1.82) is 0 Å². The number of hydrogen-bond acceptors (Lipinski definition) is 3. The molecule has 1 atom stereocenters. The molecule has 0 saturated carbocycles. The van der Waals surface area contributed by atoms with Gasteiger partial charge in [0.15, 0.2) is 0 Å². The Morgan fingerprint density at radius 1 is 1.62 bits per heavy atom. The van der Waals surface area contributed by atoms with Crippen LogP contribution in [0.4, 0.5) is 4.79 Å². The number of urea groups is 1. The summed E-state index contributed by atoms with van der Waals surface area (Å²) in [6.45, 7) is 1.78. The molecule has 1 aromatic heterocycles. The van der Waals surface area contributed by atoms with Crippen molar-refractivity contribution in [2.75, 3.05) is 7.05 Å². The molecule has 0 aromatic carbocycles. The first-order valence-electron chi connectivity index (χ1n) is 4.76. The predicted octanol–water partition coefficient (Wildman–Crippen LogP) is 0.894. The molecule has 2 N–H and O–H groups in total. The van der Waals surface area contributed by atoms with Gasteiger partial charge >= 0.3 is 12.0 Å². The maximum absolute atomic E-state index is 11.5. The molecule has 16 heavy (non-hydrogen) atoms. The van der Waals surface area contributed by atoms with E-state index in [1.807, 2.05) is 0 Å². The number of carboxylic acid groups (broad SMARTS) is 1. The van der Waals surface area contributed by atoms with Crippen molar-refractivity contribution in [2.24, 2.45) is 0 Å². The van der Waals surface area contributed by atoms with Crippen LogP contribution in [0.2, 0.25) is 0 Å². The van der Waals surface area contributed by atoms with E-state index in [0.717, 1.165) is 5.56 Å². The van der Waals surface area contributed by atoms with E-state index in [1.54, 1.807) is 13.1 Å². The molecule has 0 bridgehead atoms. The molecule has 1 rings (SSSR count). The van der Waals surface area contributed by atoms with Crippen LogP contribution < -0.4 is 5.32 Å². The highest BCUT2D eigenvalue weighted by molar-refractivity contribution is 5.82. The third-order valence-electron chi connectivity index (χ3n) is 2.06. The van der Waals surface area contributed by atoms with Crippen LogP contribution in [0, 0.1) is 0 Å². The number of rotatable bonds is 4. The van der Waals surface area contributed by atoms with Gasteiger partial charge in [-0.1, -0.05) is 0 Å². The lowest BCUT2D eigenvalue weighted by Gasteiger charge is -2.18. The van der Waals surface area contributed by atoms with Gasteiger partial charge in [0.2, 0.25) is 0 Å². The van der Waals surface area contributed by atoms with Crippen LogP contribution in [0.15, 0.2) is 23.0 Å². The van der Waals surface area contributed by atoms with Gasteiger partial charge in [0.05, 0.1) is 19.1 Å². The Balaban J connectivity index is 2.45. The van der Waals surface area contributed by atoms with E-state index in [-0.39, 0.29) is 0 Å². The van der Waals surface area contributed by atoms with Crippen LogP contribution in [0.5, 0.6) is 0 Å². The van der Waals surface area contributed by atoms with E-state index in [4.69, 9.17) is 9.52 Å². The quantitative estimate of drug-likeness (QED) is 0.798. The molecule has 0 fully saturated rings. The summed E-state index contributed by atoms with van der Waals surface area (Å²) in [5, 5.41) is 11.0. The normalized spacial score (nSPS) is 11.9. The van der Waals surface area contributed by atoms with Crippen LogP contribution in [0.3, 0.4) is 0 Å². The third kappa shape index (κ3) is 3.30. The monoisotopic (exact) mass is 226 g/mol. The number of carbonyl (C=O) groups excluding carboxylic acids is 1. The van der Waals surface area contributed by atoms with Gasteiger partial charge in [0.1, 0.15) is 6.04 Å². The van der Waals surface area contributed by atoms with E-state index >= 15 is 0 Å². The Hall–Kier alpha value is -1.98. The van der Waals surface area contributed by atoms with Crippen LogP contribution in [-0.2, 0) is 11.3 Å². The van der Waals surface area contributed by atoms with E-state index in [0.29, 0.717) is 6.54 Å². The molecule has 0 saturated heterocycles. The average Bonchev–Trinajstić information content (AvgIpc) is 2.69. The Bertz CT molecular complexity index is 361. The van der Waals surface area contributed by atoms with Crippen molar-refractivity contribution in [3.63, 3.8) is 0 Å². The van der Waals surface area contributed by atoms with Gasteiger partial charge in [-0.25, -0.2) is 4.79 Å². The minimum atomic E-state index is -1.06. The van der Waals surface area contributed by atoms with Gasteiger partial charge in [-0.15, -0.1) is 0 Å². The van der Waals surface area contributed by atoms with Gasteiger partial charge in [0.25, 0.3) is 0 Å². The number of carboxylic acids is 1. The van der Waals surface area contributed by atoms with Gasteiger partial charge in [0, 0.05) is 12.6 Å². The largest absolute Gasteiger partial charge is 0.480 e. The second-order valence-corrected chi connectivity index (χ2v) is 3.50. The molecule has 1 heterocycles. The SMILES string of the molecule is CC(NC(=O)N(C)Cc1ccoc1)C(=O)O. The summed E-state index contributed by atoms with van der Waals surface area (Å²) in [6, 6.07) is 0.403. The van der Waals surface area contributed by atoms with Crippen LogP contribution in [-0.4, -0.2) is 35.1 Å². The number of amides is 2. The average molecular weight is 226 g/mol. The van der Waals surface area contributed by atoms with Crippen molar-refractivity contribution in [1.82, 2.24) is 10.2 Å². The van der Waals surface area contributed by atoms with Crippen LogP contribution >= 0.6 is 0 Å². The van der Waals surface area contributed by atoms with E-state index in [2.05, 4.69) is 5.32 Å². The summed E-state index contributed by atoms with van der Waals surface area (Å²) >= 11 is 0. The number of aliphatic carboxylic acids is 1. The Kier molecular flexibility index (Phi) is 3.93. The number of hydrogen-bond donors (Lipinski definition) is 2. The second kappa shape index (κ2) is 5.20. The highest BCUT2D eigenvalue weighted by atomic mass is 16.4. The molecule has 0 radical (unpaired) electrons. The van der Waals surface area contributed by atoms with Gasteiger partial charge in [-0.3, -0.25) is 4.79 Å². The lowest BCUT2D eigenvalue weighted by atomic mass is 10.3. The van der Waals surface area contributed by atoms with Crippen molar-refractivity contribution < 1.29 is 19.1 Å². The van der Waals surface area contributed by atoms with E-state index in [9.17, 15) is 9.59 Å². The van der Waals surface area contributed by atoms with Crippen molar-refractivity contribution >= 4 is 12.0 Å². The van der Waals surface area contributed by atoms with Crippen LogP contribution in [0.1, 0.15) is 12.5 Å². The third-order valence-corrected chi connectivity index (χ3v) is 2.06. The van der Waals surface area contributed by atoms with Gasteiger partial charge < -0.3 is 19.7 Å². The first-order chi connectivity index (χ1) is 7.50. The standard InChI is InChI=1S/C10H14N2O4/c1-7(9(13)14)11-10(15)12(2)5-8-3-4-16-6-8/h3-4,6-7H,5H2,1-2H3,(H,11,15)(H,13,14). The molecule has 6 heteroatoms. The van der Waals surface area contributed by atoms with E-state index < -0.39 is 18.0 Å². The molecular formula is C10H14N2O4. The van der Waals surface area contributed by atoms with Crippen molar-refractivity contribution in [3.05, 3.63) is 24.2 Å². The highest BCUT2D eigenvalue weighted by Crippen LogP contribution is 2.03. The number of nitrogens with one attached hydrogen (secondary N) is 1. The summed E-state index contributed by atoms with van der Waals surface area (Å²) in [6.07, 6.45) is 3.05. The number of furan rings is 1. The smallest absolute Gasteiger partial charge is 0.325 e. The number of carbonyl (C=O) groups is 2. The summed E-state index contributed by atoms with van der Waals surface area (Å²) in [4.78, 5) is 23.4. The molecule has 1 aromatic rings. The molecule has 0 spiro atoms. The maximum Gasteiger partial charge on any atom is 0.325 e. The molecule has 2 amide bonds. The molecule has 88 valence electrons. The zero-order valence-corrected chi connectivity index (χ0v) is 9.14. The van der Waals surface area contributed by atoms with Crippen molar-refractivity contribution in [2.45, 2.75) is 19.5 Å². The lowest BCUT2D eigenvalue weighted by molar-refractivity contribution is -0.138. The summed E-state index contributed by atoms with van der Waals surface area (Å²) in [7, 11) is 1.58. The second-order valence-electron chi connectivity index (χ2n) is 3.50. The van der Waals surface area contributed by atoms with Gasteiger partial charge in [-0.05, 0) is 13.0 Å². The topological polar surface area (TPSA) is 82.8 Å². The first kappa shape index (κ1) is 12.1. The zero-order chi connectivity index (χ0) is 12.1. The molecule has 1 unspecified atom stereocenters. The number of nitrogens with zero attached hydrogens (tertiary/aromatic N) is 1. The lowest BCUT2D eigenvalue weighted by Crippen LogP contribution is -2.44. The molecule has 0 aliphatic rings. The maximum atomic E-state index is 11.5. The van der Waals surface area contributed by atoms with Crippen molar-refractivity contribution in [3.8, 4) is 0 Å². The van der Waals surface area contributed by atoms with E-state index in [1.165, 1.54) is 24.3 Å². The summed E-state index contributed by atoms with van der Waals surface area (Å²) in [5.41, 5.74) is 0.848. The molecule has 0 aliphatic carbocycles. The van der Waals surface area contributed by atoms with Gasteiger partial charge in [-0.2, -0.15) is 0 Å². The Labute approximate surface area is 92.8 Å². The predicted molar refractivity (Wildman–Crippen MR) is 55.8 cm³/mol. The fourth-order valence-electron chi connectivity index (χ4n) is 1.09. The minimum Gasteiger partial charge on any atom is -0.480 e. The molecule has 6 nitrogen and oxygen atoms in total. The Morgan fingerprint density at radius 3 is 2.81 bits per heavy atom. The fraction of sp³-hybridized carbons (Fsp3) is 0.400. The summed E-state index contributed by atoms with van der Waals surface area (Å²) in [5.74, 6) is -1.06. The highest BCUT2D eigenvalue weighted by Gasteiger charge is 2.16. The first-order valence-corrected chi connectivity index (χ1v) is 4.76. The molecular weight excluding hydrogens is 212 g/mol. The minimum absolute atomic E-state index is 0.370. The zero-order valence-electron chi connectivity index (χ0n) is 9.14. The fourth-order valence-corrected chi connectivity index (χ4v) is 1.09. The summed E-state index contributed by atoms with van der Waals surface area (Å²) < 4.78 is 4.86. The van der Waals surface area contributed by atoms with Crippen LogP contribution in [0.25, 0.3) is 0 Å².